The first-order valence-electron chi connectivity index (χ1n) is 10.2. The van der Waals surface area contributed by atoms with Crippen LogP contribution in [0.5, 0.6) is 0 Å². The summed E-state index contributed by atoms with van der Waals surface area (Å²) >= 11 is 0. The van der Waals surface area contributed by atoms with Gasteiger partial charge in [-0.15, -0.1) is 0 Å². The SMILES string of the molecule is CC(=O)N1CCN(Cc2nc3cc(NC(=O)c4ccc(C)cc4)ccc3n2C)CC1. The number of nitrogens with zero attached hydrogens (tertiary/aromatic N) is 4. The summed E-state index contributed by atoms with van der Waals surface area (Å²) in [4.78, 5) is 33.0. The molecule has 2 heterocycles. The number of carbonyl (C=O) groups is 2. The van der Waals surface area contributed by atoms with Crippen molar-refractivity contribution in [3.05, 3.63) is 59.4 Å². The highest BCUT2D eigenvalue weighted by Gasteiger charge is 2.20. The zero-order valence-corrected chi connectivity index (χ0v) is 17.7. The van der Waals surface area contributed by atoms with Gasteiger partial charge in [0.25, 0.3) is 5.91 Å². The molecule has 0 radical (unpaired) electrons. The smallest absolute Gasteiger partial charge is 0.255 e. The molecule has 0 bridgehead atoms. The number of anilines is 1. The fourth-order valence-corrected chi connectivity index (χ4v) is 3.80. The number of fused-ring (bicyclic) bond motifs is 1. The Balaban J connectivity index is 1.47. The normalized spacial score (nSPS) is 14.8. The third-order valence-electron chi connectivity index (χ3n) is 5.73. The predicted octanol–water partition coefficient (Wildman–Crippen LogP) is 2.80. The molecule has 0 unspecified atom stereocenters. The average molecular weight is 406 g/mol. The lowest BCUT2D eigenvalue weighted by Gasteiger charge is -2.33. The van der Waals surface area contributed by atoms with Gasteiger partial charge in [0.15, 0.2) is 0 Å². The van der Waals surface area contributed by atoms with E-state index in [0.29, 0.717) is 5.56 Å². The van der Waals surface area contributed by atoms with Crippen molar-refractivity contribution < 1.29 is 9.59 Å². The number of piperazine rings is 1. The Hall–Kier alpha value is -3.19. The molecule has 7 nitrogen and oxygen atoms in total. The lowest BCUT2D eigenvalue weighted by Crippen LogP contribution is -2.47. The molecule has 0 saturated carbocycles. The van der Waals surface area contributed by atoms with Crippen molar-refractivity contribution in [2.75, 3.05) is 31.5 Å². The van der Waals surface area contributed by atoms with E-state index in [-0.39, 0.29) is 11.8 Å². The second kappa shape index (κ2) is 8.28. The van der Waals surface area contributed by atoms with Gasteiger partial charge in [-0.1, -0.05) is 17.7 Å². The highest BCUT2D eigenvalue weighted by molar-refractivity contribution is 6.05. The van der Waals surface area contributed by atoms with Gasteiger partial charge in [0.1, 0.15) is 5.82 Å². The van der Waals surface area contributed by atoms with Crippen molar-refractivity contribution in [3.63, 3.8) is 0 Å². The number of amides is 2. The van der Waals surface area contributed by atoms with Crippen LogP contribution in [0.2, 0.25) is 0 Å². The fourth-order valence-electron chi connectivity index (χ4n) is 3.80. The molecule has 2 amide bonds. The topological polar surface area (TPSA) is 70.5 Å². The van der Waals surface area contributed by atoms with E-state index in [1.54, 1.807) is 6.92 Å². The molecular formula is C23H27N5O2. The van der Waals surface area contributed by atoms with Crippen molar-refractivity contribution in [1.82, 2.24) is 19.4 Å². The number of nitrogens with one attached hydrogen (secondary N) is 1. The van der Waals surface area contributed by atoms with Crippen LogP contribution in [-0.4, -0.2) is 57.3 Å². The van der Waals surface area contributed by atoms with Crippen LogP contribution in [0.15, 0.2) is 42.5 Å². The van der Waals surface area contributed by atoms with E-state index < -0.39 is 0 Å². The maximum Gasteiger partial charge on any atom is 0.255 e. The van der Waals surface area contributed by atoms with Crippen molar-refractivity contribution in [2.45, 2.75) is 20.4 Å². The Morgan fingerprint density at radius 3 is 2.40 bits per heavy atom. The van der Waals surface area contributed by atoms with Gasteiger partial charge in [-0.05, 0) is 37.3 Å². The average Bonchev–Trinajstić information content (AvgIpc) is 3.03. The van der Waals surface area contributed by atoms with Crippen LogP contribution in [0.25, 0.3) is 11.0 Å². The number of carbonyl (C=O) groups excluding carboxylic acids is 2. The Labute approximate surface area is 176 Å². The Morgan fingerprint density at radius 2 is 1.73 bits per heavy atom. The molecule has 30 heavy (non-hydrogen) atoms. The minimum absolute atomic E-state index is 0.131. The Kier molecular flexibility index (Phi) is 5.55. The molecule has 1 aliphatic heterocycles. The molecule has 156 valence electrons. The van der Waals surface area contributed by atoms with Crippen LogP contribution in [0.4, 0.5) is 5.69 Å². The van der Waals surface area contributed by atoms with Gasteiger partial charge in [-0.25, -0.2) is 4.98 Å². The van der Waals surface area contributed by atoms with E-state index in [0.717, 1.165) is 60.8 Å². The molecule has 0 atom stereocenters. The van der Waals surface area contributed by atoms with Crippen LogP contribution in [0, 0.1) is 6.92 Å². The molecule has 1 aliphatic rings. The minimum atomic E-state index is -0.131. The second-order valence-corrected chi connectivity index (χ2v) is 7.89. The standard InChI is InChI=1S/C23H27N5O2/c1-16-4-6-18(7-5-16)23(30)24-19-8-9-21-20(14-19)25-22(26(21)3)15-27-10-12-28(13-11-27)17(2)29/h4-9,14H,10-13,15H2,1-3H3,(H,24,30). The van der Waals surface area contributed by atoms with Gasteiger partial charge in [0, 0.05) is 51.4 Å². The van der Waals surface area contributed by atoms with Crippen LogP contribution in [-0.2, 0) is 18.4 Å². The van der Waals surface area contributed by atoms with E-state index in [4.69, 9.17) is 4.98 Å². The number of aryl methyl sites for hydroxylation is 2. The third kappa shape index (κ3) is 4.21. The minimum Gasteiger partial charge on any atom is -0.340 e. The van der Waals surface area contributed by atoms with Crippen LogP contribution in [0.3, 0.4) is 0 Å². The zero-order chi connectivity index (χ0) is 21.3. The number of hydrogen-bond acceptors (Lipinski definition) is 4. The lowest BCUT2D eigenvalue weighted by molar-refractivity contribution is -0.130. The summed E-state index contributed by atoms with van der Waals surface area (Å²) in [5.41, 5.74) is 4.37. The first-order chi connectivity index (χ1) is 14.4. The van der Waals surface area contributed by atoms with E-state index in [1.165, 1.54) is 0 Å². The van der Waals surface area contributed by atoms with E-state index >= 15 is 0 Å². The third-order valence-corrected chi connectivity index (χ3v) is 5.73. The monoisotopic (exact) mass is 405 g/mol. The molecule has 4 rings (SSSR count). The molecule has 3 aromatic rings. The molecule has 1 saturated heterocycles. The van der Waals surface area contributed by atoms with Crippen molar-refractivity contribution in [2.24, 2.45) is 7.05 Å². The van der Waals surface area contributed by atoms with Crippen LogP contribution in [0.1, 0.15) is 28.7 Å². The molecule has 1 N–H and O–H groups in total. The number of rotatable bonds is 4. The maximum absolute atomic E-state index is 12.5. The first kappa shape index (κ1) is 20.1. The molecule has 7 heteroatoms. The van der Waals surface area contributed by atoms with Gasteiger partial charge >= 0.3 is 0 Å². The van der Waals surface area contributed by atoms with E-state index in [9.17, 15) is 9.59 Å². The number of aromatic nitrogens is 2. The van der Waals surface area contributed by atoms with Crippen LogP contribution < -0.4 is 5.32 Å². The molecule has 0 spiro atoms. The van der Waals surface area contributed by atoms with Gasteiger partial charge in [0.2, 0.25) is 5.91 Å². The number of imidazole rings is 1. The molecule has 1 fully saturated rings. The highest BCUT2D eigenvalue weighted by Crippen LogP contribution is 2.21. The highest BCUT2D eigenvalue weighted by atomic mass is 16.2. The molecule has 2 aromatic carbocycles. The summed E-state index contributed by atoms with van der Waals surface area (Å²) in [5.74, 6) is 0.981. The Morgan fingerprint density at radius 1 is 1.03 bits per heavy atom. The zero-order valence-electron chi connectivity index (χ0n) is 17.7. The van der Waals surface area contributed by atoms with Crippen molar-refractivity contribution >= 4 is 28.5 Å². The number of hydrogen-bond donors (Lipinski definition) is 1. The summed E-state index contributed by atoms with van der Waals surface area (Å²) in [6, 6.07) is 13.3. The van der Waals surface area contributed by atoms with Gasteiger partial charge in [-0.3, -0.25) is 14.5 Å². The van der Waals surface area contributed by atoms with Gasteiger partial charge in [-0.2, -0.15) is 0 Å². The predicted molar refractivity (Wildman–Crippen MR) is 117 cm³/mol. The summed E-state index contributed by atoms with van der Waals surface area (Å²) < 4.78 is 2.10. The summed E-state index contributed by atoms with van der Waals surface area (Å²) in [6.07, 6.45) is 0. The molecule has 0 aliphatic carbocycles. The van der Waals surface area contributed by atoms with Crippen molar-refractivity contribution in [1.29, 1.82) is 0 Å². The van der Waals surface area contributed by atoms with E-state index in [2.05, 4.69) is 14.8 Å². The summed E-state index contributed by atoms with van der Waals surface area (Å²) in [6.45, 7) is 7.57. The van der Waals surface area contributed by atoms with Gasteiger partial charge < -0.3 is 14.8 Å². The largest absolute Gasteiger partial charge is 0.340 e. The van der Waals surface area contributed by atoms with Crippen molar-refractivity contribution in [3.8, 4) is 0 Å². The fraction of sp³-hybridized carbons (Fsp3) is 0.348. The quantitative estimate of drug-likeness (QED) is 0.725. The first-order valence-corrected chi connectivity index (χ1v) is 10.2. The van der Waals surface area contributed by atoms with Crippen LogP contribution >= 0.6 is 0 Å². The summed E-state index contributed by atoms with van der Waals surface area (Å²) in [5, 5.41) is 2.96. The van der Waals surface area contributed by atoms with E-state index in [1.807, 2.05) is 61.3 Å². The Bertz CT molecular complexity index is 1080. The molecule has 1 aromatic heterocycles. The molecular weight excluding hydrogens is 378 g/mol. The second-order valence-electron chi connectivity index (χ2n) is 7.89. The maximum atomic E-state index is 12.5. The lowest BCUT2D eigenvalue weighted by atomic mass is 10.1. The van der Waals surface area contributed by atoms with Gasteiger partial charge in [0.05, 0.1) is 17.6 Å². The summed E-state index contributed by atoms with van der Waals surface area (Å²) in [7, 11) is 2.01. The number of benzene rings is 2.